The SMILES string of the molecule is COc1cc(O)c(Cl)c2c1C(=O)[C@@]1(O2)C(=O)CC(=O)C[C@@H]1C. The Kier molecular flexibility index (Phi) is 3.18. The highest BCUT2D eigenvalue weighted by Crippen LogP contribution is 2.52. The summed E-state index contributed by atoms with van der Waals surface area (Å²) in [4.78, 5) is 36.8. The van der Waals surface area contributed by atoms with E-state index in [4.69, 9.17) is 21.1 Å². The van der Waals surface area contributed by atoms with Gasteiger partial charge in [0.25, 0.3) is 0 Å². The van der Waals surface area contributed by atoms with Crippen LogP contribution in [0.5, 0.6) is 17.2 Å². The maximum Gasteiger partial charge on any atom is 0.232 e. The molecule has 0 amide bonds. The predicted molar refractivity (Wildman–Crippen MR) is 75.8 cm³/mol. The molecule has 1 aromatic rings. The van der Waals surface area contributed by atoms with Gasteiger partial charge in [0.1, 0.15) is 27.9 Å². The molecule has 7 heteroatoms. The van der Waals surface area contributed by atoms with Crippen LogP contribution < -0.4 is 9.47 Å². The molecule has 22 heavy (non-hydrogen) atoms. The van der Waals surface area contributed by atoms with Crippen LogP contribution in [0, 0.1) is 5.92 Å². The molecule has 0 unspecified atom stereocenters. The molecule has 1 heterocycles. The van der Waals surface area contributed by atoms with Crippen molar-refractivity contribution in [2.45, 2.75) is 25.4 Å². The molecule has 1 spiro atoms. The van der Waals surface area contributed by atoms with Crippen LogP contribution in [0.25, 0.3) is 0 Å². The first kappa shape index (κ1) is 14.8. The molecule has 1 aromatic carbocycles. The second-order valence-electron chi connectivity index (χ2n) is 5.53. The minimum atomic E-state index is -1.76. The number of benzene rings is 1. The van der Waals surface area contributed by atoms with Crippen molar-refractivity contribution in [2.75, 3.05) is 7.11 Å². The van der Waals surface area contributed by atoms with Gasteiger partial charge >= 0.3 is 0 Å². The molecular weight excluding hydrogens is 312 g/mol. The maximum atomic E-state index is 12.9. The molecular formula is C15H13ClO6. The average Bonchev–Trinajstić information content (AvgIpc) is 2.76. The van der Waals surface area contributed by atoms with Crippen LogP contribution in [0.15, 0.2) is 6.07 Å². The van der Waals surface area contributed by atoms with Crippen molar-refractivity contribution in [3.8, 4) is 17.2 Å². The Hall–Kier alpha value is -2.08. The highest BCUT2D eigenvalue weighted by Gasteiger charge is 2.61. The van der Waals surface area contributed by atoms with E-state index in [1.54, 1.807) is 6.92 Å². The van der Waals surface area contributed by atoms with Gasteiger partial charge in [-0.2, -0.15) is 0 Å². The van der Waals surface area contributed by atoms with Crippen LogP contribution in [0.4, 0.5) is 0 Å². The van der Waals surface area contributed by atoms with E-state index in [-0.39, 0.29) is 46.5 Å². The first-order valence-corrected chi connectivity index (χ1v) is 7.09. The zero-order chi connectivity index (χ0) is 16.2. The molecule has 1 saturated carbocycles. The molecule has 0 bridgehead atoms. The van der Waals surface area contributed by atoms with Crippen LogP contribution in [-0.4, -0.2) is 35.2 Å². The number of hydrogen-bond donors (Lipinski definition) is 1. The summed E-state index contributed by atoms with van der Waals surface area (Å²) >= 11 is 6.00. The van der Waals surface area contributed by atoms with E-state index < -0.39 is 23.1 Å². The lowest BCUT2D eigenvalue weighted by Gasteiger charge is -2.34. The topological polar surface area (TPSA) is 89.9 Å². The van der Waals surface area contributed by atoms with Crippen molar-refractivity contribution >= 4 is 29.0 Å². The quantitative estimate of drug-likeness (QED) is 0.794. The minimum Gasteiger partial charge on any atom is -0.506 e. The lowest BCUT2D eigenvalue weighted by Crippen LogP contribution is -2.57. The number of phenolic OH excluding ortho intramolecular Hbond substituents is 1. The Morgan fingerprint density at radius 3 is 2.68 bits per heavy atom. The number of carbonyl (C=O) groups is 3. The van der Waals surface area contributed by atoms with Crippen LogP contribution in [0.2, 0.25) is 5.02 Å². The first-order chi connectivity index (χ1) is 10.3. The van der Waals surface area contributed by atoms with E-state index >= 15 is 0 Å². The number of hydrogen-bond acceptors (Lipinski definition) is 6. The molecule has 1 fully saturated rings. The zero-order valence-corrected chi connectivity index (χ0v) is 12.7. The van der Waals surface area contributed by atoms with E-state index in [1.165, 1.54) is 13.2 Å². The number of aromatic hydroxyl groups is 1. The van der Waals surface area contributed by atoms with Crippen molar-refractivity contribution in [1.82, 2.24) is 0 Å². The largest absolute Gasteiger partial charge is 0.506 e. The van der Waals surface area contributed by atoms with Crippen molar-refractivity contribution in [1.29, 1.82) is 0 Å². The molecule has 0 aromatic heterocycles. The lowest BCUT2D eigenvalue weighted by atomic mass is 9.72. The third kappa shape index (κ3) is 1.70. The number of methoxy groups -OCH3 is 1. The summed E-state index contributed by atoms with van der Waals surface area (Å²) in [6.07, 6.45) is -0.284. The third-order valence-electron chi connectivity index (χ3n) is 4.21. The highest BCUT2D eigenvalue weighted by molar-refractivity contribution is 6.36. The summed E-state index contributed by atoms with van der Waals surface area (Å²) in [5.41, 5.74) is -1.74. The van der Waals surface area contributed by atoms with E-state index in [9.17, 15) is 19.5 Å². The van der Waals surface area contributed by atoms with E-state index in [0.29, 0.717) is 0 Å². The fourth-order valence-electron chi connectivity index (χ4n) is 3.11. The van der Waals surface area contributed by atoms with Crippen molar-refractivity contribution in [2.24, 2.45) is 5.92 Å². The van der Waals surface area contributed by atoms with Gasteiger partial charge in [-0.25, -0.2) is 0 Å². The van der Waals surface area contributed by atoms with Crippen LogP contribution >= 0.6 is 11.6 Å². The Bertz CT molecular complexity index is 725. The van der Waals surface area contributed by atoms with E-state index in [2.05, 4.69) is 0 Å². The van der Waals surface area contributed by atoms with Gasteiger partial charge in [-0.05, 0) is 0 Å². The summed E-state index contributed by atoms with van der Waals surface area (Å²) in [5.74, 6) is -2.32. The Morgan fingerprint density at radius 1 is 1.41 bits per heavy atom. The number of halogens is 1. The summed E-state index contributed by atoms with van der Waals surface area (Å²) in [6, 6.07) is 1.20. The normalized spacial score (nSPS) is 27.0. The van der Waals surface area contributed by atoms with Gasteiger partial charge < -0.3 is 14.6 Å². The smallest absolute Gasteiger partial charge is 0.232 e. The molecule has 116 valence electrons. The number of fused-ring (bicyclic) bond motifs is 1. The molecule has 3 rings (SSSR count). The van der Waals surface area contributed by atoms with Crippen LogP contribution in [0.1, 0.15) is 30.1 Å². The van der Waals surface area contributed by atoms with E-state index in [0.717, 1.165) is 0 Å². The molecule has 1 N–H and O–H groups in total. The predicted octanol–water partition coefficient (Wildman–Crippen LogP) is 1.94. The standard InChI is InChI=1S/C15H13ClO6/c1-6-3-7(17)4-10(19)15(6)14(20)11-9(21-2)5-8(18)12(16)13(11)22-15/h5-6,18H,3-4H2,1-2H3/t6-,15-/m0/s1. The molecule has 1 aliphatic heterocycles. The Balaban J connectivity index is 2.21. The summed E-state index contributed by atoms with van der Waals surface area (Å²) < 4.78 is 10.7. The Morgan fingerprint density at radius 2 is 2.09 bits per heavy atom. The second kappa shape index (κ2) is 4.71. The van der Waals surface area contributed by atoms with Gasteiger partial charge in [0.15, 0.2) is 11.5 Å². The molecule has 0 saturated heterocycles. The highest BCUT2D eigenvalue weighted by atomic mass is 35.5. The molecule has 2 aliphatic rings. The Labute approximate surface area is 131 Å². The maximum absolute atomic E-state index is 12.9. The number of phenols is 1. The van der Waals surface area contributed by atoms with E-state index in [1.807, 2.05) is 0 Å². The second-order valence-corrected chi connectivity index (χ2v) is 5.90. The van der Waals surface area contributed by atoms with Gasteiger partial charge in [-0.3, -0.25) is 14.4 Å². The summed E-state index contributed by atoms with van der Waals surface area (Å²) in [5, 5.41) is 9.65. The fourth-order valence-corrected chi connectivity index (χ4v) is 3.30. The lowest BCUT2D eigenvalue weighted by molar-refractivity contribution is -0.143. The first-order valence-electron chi connectivity index (χ1n) is 6.71. The molecule has 1 aliphatic carbocycles. The number of ketones is 3. The van der Waals surface area contributed by atoms with Crippen molar-refractivity contribution in [3.63, 3.8) is 0 Å². The fraction of sp³-hybridized carbons (Fsp3) is 0.400. The van der Waals surface area contributed by atoms with Gasteiger partial charge in [-0.1, -0.05) is 18.5 Å². The van der Waals surface area contributed by atoms with Gasteiger partial charge in [0, 0.05) is 18.4 Å². The summed E-state index contributed by atoms with van der Waals surface area (Å²) in [6.45, 7) is 1.61. The van der Waals surface area contributed by atoms with Gasteiger partial charge in [0.05, 0.1) is 13.5 Å². The number of Topliss-reactive ketones (excluding diaryl/α,β-unsaturated/α-hetero) is 3. The number of carbonyl (C=O) groups excluding carboxylic acids is 3. The monoisotopic (exact) mass is 324 g/mol. The average molecular weight is 325 g/mol. The van der Waals surface area contributed by atoms with Crippen LogP contribution in [-0.2, 0) is 9.59 Å². The minimum absolute atomic E-state index is 0.0276. The number of rotatable bonds is 1. The van der Waals surface area contributed by atoms with Crippen LogP contribution in [0.3, 0.4) is 0 Å². The molecule has 2 atom stereocenters. The number of ether oxygens (including phenoxy) is 2. The van der Waals surface area contributed by atoms with Crippen molar-refractivity contribution in [3.05, 3.63) is 16.7 Å². The summed E-state index contributed by atoms with van der Waals surface area (Å²) in [7, 11) is 1.33. The molecule has 6 nitrogen and oxygen atoms in total. The van der Waals surface area contributed by atoms with Gasteiger partial charge in [0.2, 0.25) is 11.4 Å². The third-order valence-corrected chi connectivity index (χ3v) is 4.58. The zero-order valence-electron chi connectivity index (χ0n) is 11.9. The van der Waals surface area contributed by atoms with Gasteiger partial charge in [-0.15, -0.1) is 0 Å². The van der Waals surface area contributed by atoms with Crippen molar-refractivity contribution < 1.29 is 29.0 Å². The molecule has 0 radical (unpaired) electrons.